The molecule has 0 aromatic carbocycles. The van der Waals surface area contributed by atoms with Gasteiger partial charge in [0.15, 0.2) is 5.82 Å². The molecule has 1 N–H and O–H groups in total. The quantitative estimate of drug-likeness (QED) is 0.689. The summed E-state index contributed by atoms with van der Waals surface area (Å²) in [6.45, 7) is 4.36. The lowest BCUT2D eigenvalue weighted by Crippen LogP contribution is -2.27. The number of thioether (sulfide) groups is 1. The third-order valence-corrected chi connectivity index (χ3v) is 3.72. The predicted molar refractivity (Wildman–Crippen MR) is 72.2 cm³/mol. The van der Waals surface area contributed by atoms with Crippen molar-refractivity contribution in [1.82, 2.24) is 15.5 Å². The maximum Gasteiger partial charge on any atom is 0.228 e. The van der Waals surface area contributed by atoms with E-state index >= 15 is 0 Å². The van der Waals surface area contributed by atoms with Gasteiger partial charge in [0.25, 0.3) is 0 Å². The minimum absolute atomic E-state index is 0.441. The van der Waals surface area contributed by atoms with Gasteiger partial charge in [-0.1, -0.05) is 25.4 Å². The molecule has 0 saturated heterocycles. The maximum atomic E-state index is 5.26. The minimum atomic E-state index is 0.441. The van der Waals surface area contributed by atoms with Crippen molar-refractivity contribution in [3.8, 4) is 0 Å². The summed E-state index contributed by atoms with van der Waals surface area (Å²) in [5, 5.41) is 7.28. The molecule has 98 valence electrons. The first-order chi connectivity index (χ1) is 8.30. The highest BCUT2D eigenvalue weighted by Crippen LogP contribution is 2.11. The molecule has 1 aromatic heterocycles. The number of nitrogens with zero attached hydrogens (tertiary/aromatic N) is 2. The molecule has 0 fully saturated rings. The van der Waals surface area contributed by atoms with Crippen LogP contribution in [0.4, 0.5) is 0 Å². The lowest BCUT2D eigenvalue weighted by atomic mass is 10.1. The predicted octanol–water partition coefficient (Wildman–Crippen LogP) is 2.64. The zero-order valence-electron chi connectivity index (χ0n) is 11.0. The fraction of sp³-hybridized carbons (Fsp3) is 0.833. The molecule has 0 aliphatic heterocycles. The Balaban J connectivity index is 2.38. The standard InChI is InChI=1S/C12H23N3OS/c1-4-6-10(13-3)8-12-14-11(15-16-12)9-17-7-5-2/h10,13H,4-9H2,1-3H3. The highest BCUT2D eigenvalue weighted by molar-refractivity contribution is 7.98. The fourth-order valence-corrected chi connectivity index (χ4v) is 2.38. The van der Waals surface area contributed by atoms with Crippen LogP contribution in [0.1, 0.15) is 44.8 Å². The average Bonchev–Trinajstić information content (AvgIpc) is 2.77. The first-order valence-corrected chi connectivity index (χ1v) is 7.52. The van der Waals surface area contributed by atoms with Crippen LogP contribution >= 0.6 is 11.8 Å². The Kier molecular flexibility index (Phi) is 7.28. The Morgan fingerprint density at radius 1 is 1.35 bits per heavy atom. The summed E-state index contributed by atoms with van der Waals surface area (Å²) in [5.74, 6) is 3.59. The van der Waals surface area contributed by atoms with Gasteiger partial charge < -0.3 is 9.84 Å². The van der Waals surface area contributed by atoms with Crippen LogP contribution in [-0.2, 0) is 12.2 Å². The number of nitrogens with one attached hydrogen (secondary N) is 1. The lowest BCUT2D eigenvalue weighted by Gasteiger charge is -2.11. The van der Waals surface area contributed by atoms with E-state index < -0.39 is 0 Å². The Morgan fingerprint density at radius 3 is 2.82 bits per heavy atom. The van der Waals surface area contributed by atoms with Gasteiger partial charge in [-0.25, -0.2) is 0 Å². The average molecular weight is 257 g/mol. The summed E-state index contributed by atoms with van der Waals surface area (Å²) in [7, 11) is 1.98. The lowest BCUT2D eigenvalue weighted by molar-refractivity contribution is 0.353. The molecule has 1 rings (SSSR count). The molecule has 4 nitrogen and oxygen atoms in total. The summed E-state index contributed by atoms with van der Waals surface area (Å²) in [4.78, 5) is 4.41. The molecular weight excluding hydrogens is 234 g/mol. The van der Waals surface area contributed by atoms with E-state index in [1.165, 1.54) is 12.8 Å². The highest BCUT2D eigenvalue weighted by atomic mass is 32.2. The molecule has 17 heavy (non-hydrogen) atoms. The summed E-state index contributed by atoms with van der Waals surface area (Å²) >= 11 is 1.85. The molecule has 0 aliphatic rings. The van der Waals surface area contributed by atoms with E-state index in [1.54, 1.807) is 0 Å². The SMILES string of the molecule is CCCSCc1noc(CC(CCC)NC)n1. The molecule has 1 unspecified atom stereocenters. The van der Waals surface area contributed by atoms with Gasteiger partial charge in [-0.05, 0) is 25.6 Å². The number of rotatable bonds is 9. The normalized spacial score (nSPS) is 12.9. The van der Waals surface area contributed by atoms with Crippen molar-refractivity contribution in [1.29, 1.82) is 0 Å². The van der Waals surface area contributed by atoms with Gasteiger partial charge in [-0.15, -0.1) is 0 Å². The van der Waals surface area contributed by atoms with Crippen molar-refractivity contribution in [2.24, 2.45) is 0 Å². The van der Waals surface area contributed by atoms with Crippen molar-refractivity contribution in [2.45, 2.75) is 51.3 Å². The van der Waals surface area contributed by atoms with Crippen molar-refractivity contribution in [3.63, 3.8) is 0 Å². The molecule has 5 heteroatoms. The number of hydrogen-bond donors (Lipinski definition) is 1. The van der Waals surface area contributed by atoms with Gasteiger partial charge in [0.1, 0.15) is 0 Å². The van der Waals surface area contributed by atoms with Crippen LogP contribution in [-0.4, -0.2) is 29.0 Å². The first-order valence-electron chi connectivity index (χ1n) is 6.36. The fourth-order valence-electron chi connectivity index (χ4n) is 1.65. The topological polar surface area (TPSA) is 51.0 Å². The van der Waals surface area contributed by atoms with E-state index in [0.29, 0.717) is 6.04 Å². The van der Waals surface area contributed by atoms with Gasteiger partial charge in [0, 0.05) is 12.5 Å². The summed E-state index contributed by atoms with van der Waals surface area (Å²) in [5.41, 5.74) is 0. The number of aromatic nitrogens is 2. The zero-order valence-corrected chi connectivity index (χ0v) is 11.8. The smallest absolute Gasteiger partial charge is 0.228 e. The molecule has 0 radical (unpaired) electrons. The van der Waals surface area contributed by atoms with E-state index in [1.807, 2.05) is 18.8 Å². The number of hydrogen-bond acceptors (Lipinski definition) is 5. The molecule has 1 atom stereocenters. The van der Waals surface area contributed by atoms with Crippen LogP contribution in [0.15, 0.2) is 4.52 Å². The Labute approximate surface area is 108 Å². The molecule has 0 aliphatic carbocycles. The molecule has 1 aromatic rings. The van der Waals surface area contributed by atoms with Crippen LogP contribution < -0.4 is 5.32 Å². The van der Waals surface area contributed by atoms with Gasteiger partial charge in [0.2, 0.25) is 5.89 Å². The van der Waals surface area contributed by atoms with Crippen molar-refractivity contribution < 1.29 is 4.52 Å². The third-order valence-electron chi connectivity index (χ3n) is 2.56. The van der Waals surface area contributed by atoms with Crippen LogP contribution in [0.3, 0.4) is 0 Å². The summed E-state index contributed by atoms with van der Waals surface area (Å²) in [6, 6.07) is 0.441. The van der Waals surface area contributed by atoms with Crippen LogP contribution in [0.2, 0.25) is 0 Å². The molecule has 0 saturated carbocycles. The Morgan fingerprint density at radius 2 is 2.18 bits per heavy atom. The largest absolute Gasteiger partial charge is 0.339 e. The minimum Gasteiger partial charge on any atom is -0.339 e. The van der Waals surface area contributed by atoms with E-state index in [4.69, 9.17) is 4.52 Å². The monoisotopic (exact) mass is 257 g/mol. The van der Waals surface area contributed by atoms with E-state index in [9.17, 15) is 0 Å². The Hall–Kier alpha value is -0.550. The number of likely N-dealkylation sites (N-methyl/N-ethyl adjacent to an activating group) is 1. The molecule has 1 heterocycles. The molecule has 0 bridgehead atoms. The summed E-state index contributed by atoms with van der Waals surface area (Å²) in [6.07, 6.45) is 4.32. The van der Waals surface area contributed by atoms with E-state index in [2.05, 4.69) is 29.3 Å². The van der Waals surface area contributed by atoms with E-state index in [0.717, 1.165) is 36.1 Å². The van der Waals surface area contributed by atoms with Gasteiger partial charge in [-0.3, -0.25) is 0 Å². The maximum absolute atomic E-state index is 5.26. The van der Waals surface area contributed by atoms with Crippen molar-refractivity contribution >= 4 is 11.8 Å². The van der Waals surface area contributed by atoms with Crippen molar-refractivity contribution in [3.05, 3.63) is 11.7 Å². The second-order valence-corrected chi connectivity index (χ2v) is 5.24. The van der Waals surface area contributed by atoms with E-state index in [-0.39, 0.29) is 0 Å². The first kappa shape index (κ1) is 14.5. The van der Waals surface area contributed by atoms with Gasteiger partial charge in [-0.2, -0.15) is 16.7 Å². The molecular formula is C12H23N3OS. The zero-order chi connectivity index (χ0) is 12.5. The van der Waals surface area contributed by atoms with Crippen LogP contribution in [0.5, 0.6) is 0 Å². The van der Waals surface area contributed by atoms with Gasteiger partial charge >= 0.3 is 0 Å². The Bertz CT molecular complexity index is 304. The van der Waals surface area contributed by atoms with Crippen LogP contribution in [0.25, 0.3) is 0 Å². The third kappa shape index (κ3) is 5.55. The van der Waals surface area contributed by atoms with Crippen molar-refractivity contribution in [2.75, 3.05) is 12.8 Å². The highest BCUT2D eigenvalue weighted by Gasteiger charge is 2.12. The summed E-state index contributed by atoms with van der Waals surface area (Å²) < 4.78 is 5.26. The molecule has 0 spiro atoms. The van der Waals surface area contributed by atoms with Gasteiger partial charge in [0.05, 0.1) is 5.75 Å². The molecule has 0 amide bonds. The second kappa shape index (κ2) is 8.53. The van der Waals surface area contributed by atoms with Crippen LogP contribution in [0, 0.1) is 0 Å². The second-order valence-electron chi connectivity index (χ2n) is 4.14.